The minimum atomic E-state index is -0.511. The molecular weight excluding hydrogens is 202 g/mol. The Morgan fingerprint density at radius 3 is 2.75 bits per heavy atom. The monoisotopic (exact) mass is 221 g/mol. The van der Waals surface area contributed by atoms with Crippen molar-refractivity contribution in [2.45, 2.75) is 57.4 Å². The SMILES string of the molecule is C=C(C)CCC1=NC2(CCCCC2)C(=O)O1. The molecule has 88 valence electrons. The topological polar surface area (TPSA) is 38.7 Å². The van der Waals surface area contributed by atoms with Crippen molar-refractivity contribution in [1.82, 2.24) is 0 Å². The lowest BCUT2D eigenvalue weighted by atomic mass is 9.83. The first kappa shape index (κ1) is 11.4. The quantitative estimate of drug-likeness (QED) is 0.543. The third-order valence-corrected chi connectivity index (χ3v) is 3.38. The van der Waals surface area contributed by atoms with E-state index in [0.29, 0.717) is 12.3 Å². The lowest BCUT2D eigenvalue weighted by Crippen LogP contribution is -2.35. The Hall–Kier alpha value is -1.12. The summed E-state index contributed by atoms with van der Waals surface area (Å²) in [7, 11) is 0. The molecule has 0 radical (unpaired) electrons. The van der Waals surface area contributed by atoms with E-state index >= 15 is 0 Å². The average Bonchev–Trinajstić information content (AvgIpc) is 2.54. The first-order valence-electron chi connectivity index (χ1n) is 6.08. The van der Waals surface area contributed by atoms with Crippen LogP contribution in [0.25, 0.3) is 0 Å². The summed E-state index contributed by atoms with van der Waals surface area (Å²) in [6.07, 6.45) is 6.68. The van der Waals surface area contributed by atoms with Crippen LogP contribution in [0.15, 0.2) is 17.1 Å². The van der Waals surface area contributed by atoms with E-state index in [9.17, 15) is 4.79 Å². The highest BCUT2D eigenvalue weighted by atomic mass is 16.6. The van der Waals surface area contributed by atoms with E-state index in [2.05, 4.69) is 11.6 Å². The van der Waals surface area contributed by atoms with Gasteiger partial charge in [-0.2, -0.15) is 0 Å². The van der Waals surface area contributed by atoms with Crippen molar-refractivity contribution in [1.29, 1.82) is 0 Å². The highest BCUT2D eigenvalue weighted by Gasteiger charge is 2.45. The van der Waals surface area contributed by atoms with E-state index in [-0.39, 0.29) is 5.97 Å². The van der Waals surface area contributed by atoms with E-state index in [1.165, 1.54) is 6.42 Å². The van der Waals surface area contributed by atoms with E-state index in [1.54, 1.807) is 0 Å². The van der Waals surface area contributed by atoms with Crippen molar-refractivity contribution in [2.24, 2.45) is 4.99 Å². The molecular formula is C13H19NO2. The molecule has 3 heteroatoms. The summed E-state index contributed by atoms with van der Waals surface area (Å²) in [5, 5.41) is 0. The summed E-state index contributed by atoms with van der Waals surface area (Å²) in [4.78, 5) is 16.4. The van der Waals surface area contributed by atoms with Gasteiger partial charge in [0, 0.05) is 6.42 Å². The van der Waals surface area contributed by atoms with Crippen LogP contribution >= 0.6 is 0 Å². The molecule has 0 saturated heterocycles. The molecule has 2 aliphatic rings. The van der Waals surface area contributed by atoms with Crippen LogP contribution in [0, 0.1) is 0 Å². The second-order valence-corrected chi connectivity index (χ2v) is 4.94. The lowest BCUT2D eigenvalue weighted by Gasteiger charge is -2.25. The van der Waals surface area contributed by atoms with Gasteiger partial charge in [-0.1, -0.05) is 24.8 Å². The molecule has 0 atom stereocenters. The molecule has 0 aromatic heterocycles. The molecule has 16 heavy (non-hydrogen) atoms. The molecule has 0 N–H and O–H groups in total. The van der Waals surface area contributed by atoms with Gasteiger partial charge in [0.2, 0.25) is 0 Å². The second-order valence-electron chi connectivity index (χ2n) is 4.94. The molecule has 0 amide bonds. The maximum atomic E-state index is 11.8. The number of carbonyl (C=O) groups excluding carboxylic acids is 1. The fourth-order valence-corrected chi connectivity index (χ4v) is 2.39. The van der Waals surface area contributed by atoms with E-state index in [0.717, 1.165) is 37.7 Å². The number of hydrogen-bond donors (Lipinski definition) is 0. The van der Waals surface area contributed by atoms with Gasteiger partial charge in [0.1, 0.15) is 0 Å². The summed E-state index contributed by atoms with van der Waals surface area (Å²) < 4.78 is 5.28. The van der Waals surface area contributed by atoms with Gasteiger partial charge in [0.15, 0.2) is 11.4 Å². The van der Waals surface area contributed by atoms with E-state index in [1.807, 2.05) is 6.92 Å². The van der Waals surface area contributed by atoms with E-state index in [4.69, 9.17) is 4.74 Å². The fraction of sp³-hybridized carbons (Fsp3) is 0.692. The van der Waals surface area contributed by atoms with Crippen LogP contribution in [0.5, 0.6) is 0 Å². The third kappa shape index (κ3) is 2.18. The number of aliphatic imine (C=N–C) groups is 1. The Morgan fingerprint density at radius 2 is 2.12 bits per heavy atom. The van der Waals surface area contributed by atoms with Crippen LogP contribution in [0.2, 0.25) is 0 Å². The van der Waals surface area contributed by atoms with Crippen LogP contribution in [-0.4, -0.2) is 17.4 Å². The maximum absolute atomic E-state index is 11.8. The van der Waals surface area contributed by atoms with Crippen LogP contribution < -0.4 is 0 Å². The molecule has 0 aromatic carbocycles. The molecule has 1 heterocycles. The minimum absolute atomic E-state index is 0.121. The molecule has 1 aliphatic carbocycles. The van der Waals surface area contributed by atoms with Gasteiger partial charge in [0.05, 0.1) is 0 Å². The van der Waals surface area contributed by atoms with Crippen molar-refractivity contribution in [3.05, 3.63) is 12.2 Å². The van der Waals surface area contributed by atoms with Crippen molar-refractivity contribution in [2.75, 3.05) is 0 Å². The van der Waals surface area contributed by atoms with Gasteiger partial charge in [0.25, 0.3) is 0 Å². The van der Waals surface area contributed by atoms with Gasteiger partial charge >= 0.3 is 5.97 Å². The number of allylic oxidation sites excluding steroid dienone is 1. The smallest absolute Gasteiger partial charge is 0.340 e. The Morgan fingerprint density at radius 1 is 1.44 bits per heavy atom. The van der Waals surface area contributed by atoms with Crippen molar-refractivity contribution < 1.29 is 9.53 Å². The molecule has 1 fully saturated rings. The largest absolute Gasteiger partial charge is 0.410 e. The normalized spacial score (nSPS) is 23.1. The number of hydrogen-bond acceptors (Lipinski definition) is 3. The average molecular weight is 221 g/mol. The Balaban J connectivity index is 2.04. The van der Waals surface area contributed by atoms with Gasteiger partial charge in [-0.05, 0) is 26.2 Å². The molecule has 1 saturated carbocycles. The summed E-state index contributed by atoms with van der Waals surface area (Å²) in [6, 6.07) is 0. The highest BCUT2D eigenvalue weighted by Crippen LogP contribution is 2.36. The van der Waals surface area contributed by atoms with Gasteiger partial charge in [-0.25, -0.2) is 9.79 Å². The van der Waals surface area contributed by atoms with Crippen molar-refractivity contribution in [3.8, 4) is 0 Å². The summed E-state index contributed by atoms with van der Waals surface area (Å²) >= 11 is 0. The zero-order chi connectivity index (χ0) is 11.6. The number of carbonyl (C=O) groups is 1. The molecule has 0 aromatic rings. The predicted octanol–water partition coefficient (Wildman–Crippen LogP) is 3.00. The highest BCUT2D eigenvalue weighted by molar-refractivity contribution is 6.00. The molecule has 2 rings (SSSR count). The zero-order valence-corrected chi connectivity index (χ0v) is 9.92. The predicted molar refractivity (Wildman–Crippen MR) is 63.4 cm³/mol. The number of nitrogens with zero attached hydrogens (tertiary/aromatic N) is 1. The molecule has 0 unspecified atom stereocenters. The van der Waals surface area contributed by atoms with E-state index < -0.39 is 5.54 Å². The molecule has 1 spiro atoms. The number of esters is 1. The third-order valence-electron chi connectivity index (χ3n) is 3.38. The minimum Gasteiger partial charge on any atom is -0.410 e. The summed E-state index contributed by atoms with van der Waals surface area (Å²) in [5.41, 5.74) is 0.589. The Kier molecular flexibility index (Phi) is 3.13. The molecule has 0 bridgehead atoms. The first-order chi connectivity index (χ1) is 7.62. The van der Waals surface area contributed by atoms with Gasteiger partial charge < -0.3 is 4.74 Å². The molecule has 1 aliphatic heterocycles. The van der Waals surface area contributed by atoms with Crippen LogP contribution in [0.3, 0.4) is 0 Å². The maximum Gasteiger partial charge on any atom is 0.340 e. The number of ether oxygens (including phenoxy) is 1. The van der Waals surface area contributed by atoms with Crippen LogP contribution in [-0.2, 0) is 9.53 Å². The van der Waals surface area contributed by atoms with Crippen molar-refractivity contribution in [3.63, 3.8) is 0 Å². The summed E-state index contributed by atoms with van der Waals surface area (Å²) in [6.45, 7) is 5.82. The number of cyclic esters (lactones) is 1. The standard InChI is InChI=1S/C13H19NO2/c1-10(2)6-7-11-14-13(12(15)16-11)8-4-3-5-9-13/h1,3-9H2,2H3. The van der Waals surface area contributed by atoms with Crippen LogP contribution in [0.1, 0.15) is 51.9 Å². The first-order valence-corrected chi connectivity index (χ1v) is 6.08. The van der Waals surface area contributed by atoms with Gasteiger partial charge in [-0.3, -0.25) is 0 Å². The second kappa shape index (κ2) is 4.40. The van der Waals surface area contributed by atoms with Gasteiger partial charge in [-0.15, -0.1) is 6.58 Å². The number of rotatable bonds is 3. The lowest BCUT2D eigenvalue weighted by molar-refractivity contribution is -0.140. The van der Waals surface area contributed by atoms with Crippen molar-refractivity contribution >= 4 is 11.9 Å². The summed E-state index contributed by atoms with van der Waals surface area (Å²) in [5.74, 6) is 0.499. The zero-order valence-electron chi connectivity index (χ0n) is 9.92. The fourth-order valence-electron chi connectivity index (χ4n) is 2.39. The Bertz CT molecular complexity index is 338. The molecule has 3 nitrogen and oxygen atoms in total. The Labute approximate surface area is 96.6 Å². The van der Waals surface area contributed by atoms with Crippen LogP contribution in [0.4, 0.5) is 0 Å².